The van der Waals surface area contributed by atoms with Crippen LogP contribution in [0.5, 0.6) is 0 Å². The van der Waals surface area contributed by atoms with Gasteiger partial charge in [-0.1, -0.05) is 11.6 Å². The molecule has 2 aromatic heterocycles. The fourth-order valence-corrected chi connectivity index (χ4v) is 1.80. The van der Waals surface area contributed by atoms with E-state index < -0.39 is 0 Å². The normalized spacial score (nSPS) is 11.1. The van der Waals surface area contributed by atoms with Crippen LogP contribution >= 0.6 is 11.6 Å². The van der Waals surface area contributed by atoms with Crippen molar-refractivity contribution in [1.82, 2.24) is 14.8 Å². The Labute approximate surface area is 81.3 Å². The second-order valence-corrected chi connectivity index (χ2v) is 3.52. The number of pyridine rings is 1. The van der Waals surface area contributed by atoms with Crippen molar-refractivity contribution in [3.8, 4) is 0 Å². The van der Waals surface area contributed by atoms with Gasteiger partial charge in [0.2, 0.25) is 0 Å². The molecule has 0 atom stereocenters. The molecule has 0 aliphatic rings. The lowest BCUT2D eigenvalue weighted by molar-refractivity contribution is 0.751. The molecule has 4 heteroatoms. The number of nitrogens with zero attached hydrogens (tertiary/aromatic N) is 3. The van der Waals surface area contributed by atoms with Crippen molar-refractivity contribution in [3.05, 3.63) is 22.6 Å². The smallest absolute Gasteiger partial charge is 0.140 e. The summed E-state index contributed by atoms with van der Waals surface area (Å²) in [6.07, 6.45) is 0. The Kier molecular flexibility index (Phi) is 1.77. The molecule has 0 aliphatic heterocycles. The molecule has 2 rings (SSSR count). The Bertz CT molecular complexity index is 473. The molecular weight excluding hydrogens is 186 g/mol. The molecule has 2 heterocycles. The maximum Gasteiger partial charge on any atom is 0.140 e. The van der Waals surface area contributed by atoms with Crippen LogP contribution in [0.2, 0.25) is 5.15 Å². The van der Waals surface area contributed by atoms with Gasteiger partial charge in [0.05, 0.1) is 10.9 Å². The molecule has 0 fully saturated rings. The van der Waals surface area contributed by atoms with Gasteiger partial charge in [-0.3, -0.25) is 4.68 Å². The highest BCUT2D eigenvalue weighted by Crippen LogP contribution is 2.24. The molecule has 0 aromatic carbocycles. The second kappa shape index (κ2) is 2.70. The summed E-state index contributed by atoms with van der Waals surface area (Å²) >= 11 is 6.02. The fraction of sp³-hybridized carbons (Fsp3) is 0.333. The van der Waals surface area contributed by atoms with Crippen LogP contribution < -0.4 is 0 Å². The van der Waals surface area contributed by atoms with Crippen molar-refractivity contribution in [2.45, 2.75) is 13.8 Å². The predicted molar refractivity (Wildman–Crippen MR) is 53.0 cm³/mol. The van der Waals surface area contributed by atoms with Gasteiger partial charge >= 0.3 is 0 Å². The van der Waals surface area contributed by atoms with E-state index in [2.05, 4.69) is 10.1 Å². The van der Waals surface area contributed by atoms with E-state index in [0.717, 1.165) is 22.3 Å². The molecule has 0 unspecified atom stereocenters. The Morgan fingerprint density at radius 2 is 2.08 bits per heavy atom. The molecule has 0 amide bonds. The average Bonchev–Trinajstić information content (AvgIpc) is 2.27. The minimum atomic E-state index is 0.542. The summed E-state index contributed by atoms with van der Waals surface area (Å²) in [7, 11) is 1.90. The van der Waals surface area contributed by atoms with Crippen LogP contribution in [0.4, 0.5) is 0 Å². The Balaban J connectivity index is 2.94. The lowest BCUT2D eigenvalue weighted by atomic mass is 10.2. The van der Waals surface area contributed by atoms with Crippen LogP contribution in [0.25, 0.3) is 10.9 Å². The molecule has 0 N–H and O–H groups in total. The van der Waals surface area contributed by atoms with Crippen LogP contribution in [-0.4, -0.2) is 14.8 Å². The summed E-state index contributed by atoms with van der Waals surface area (Å²) in [5.41, 5.74) is 2.86. The molecule has 2 aromatic rings. The summed E-state index contributed by atoms with van der Waals surface area (Å²) in [5.74, 6) is 0. The van der Waals surface area contributed by atoms with Gasteiger partial charge in [-0.2, -0.15) is 5.10 Å². The summed E-state index contributed by atoms with van der Waals surface area (Å²) in [4.78, 5) is 4.19. The number of halogens is 1. The Morgan fingerprint density at radius 3 is 2.77 bits per heavy atom. The zero-order chi connectivity index (χ0) is 9.59. The highest BCUT2D eigenvalue weighted by Gasteiger charge is 2.09. The third-order valence-corrected chi connectivity index (χ3v) is 2.46. The van der Waals surface area contributed by atoms with E-state index in [0.29, 0.717) is 5.15 Å². The predicted octanol–water partition coefficient (Wildman–Crippen LogP) is 2.24. The van der Waals surface area contributed by atoms with Crippen LogP contribution in [0.1, 0.15) is 11.4 Å². The molecular formula is C9H10ClN3. The van der Waals surface area contributed by atoms with Gasteiger partial charge < -0.3 is 0 Å². The molecule has 0 saturated heterocycles. The van der Waals surface area contributed by atoms with Gasteiger partial charge in [0.15, 0.2) is 0 Å². The van der Waals surface area contributed by atoms with Crippen molar-refractivity contribution < 1.29 is 0 Å². The first kappa shape index (κ1) is 8.51. The molecule has 0 bridgehead atoms. The third-order valence-electron chi connectivity index (χ3n) is 2.19. The van der Waals surface area contributed by atoms with E-state index in [1.807, 2.05) is 31.6 Å². The topological polar surface area (TPSA) is 30.7 Å². The van der Waals surface area contributed by atoms with Gasteiger partial charge in [0.25, 0.3) is 0 Å². The van der Waals surface area contributed by atoms with Gasteiger partial charge in [-0.05, 0) is 19.9 Å². The van der Waals surface area contributed by atoms with Crippen LogP contribution in [0, 0.1) is 13.8 Å². The third kappa shape index (κ3) is 1.20. The fourth-order valence-electron chi connectivity index (χ4n) is 1.43. The molecule has 68 valence electrons. The van der Waals surface area contributed by atoms with Crippen molar-refractivity contribution in [1.29, 1.82) is 0 Å². The highest BCUT2D eigenvalue weighted by atomic mass is 35.5. The van der Waals surface area contributed by atoms with Crippen molar-refractivity contribution in [2.75, 3.05) is 0 Å². The maximum absolute atomic E-state index is 6.02. The molecule has 13 heavy (non-hydrogen) atoms. The lowest BCUT2D eigenvalue weighted by Crippen LogP contribution is -1.91. The number of rotatable bonds is 0. The van der Waals surface area contributed by atoms with Crippen LogP contribution in [-0.2, 0) is 7.05 Å². The average molecular weight is 196 g/mol. The van der Waals surface area contributed by atoms with E-state index in [9.17, 15) is 0 Å². The summed E-state index contributed by atoms with van der Waals surface area (Å²) in [6.45, 7) is 3.90. The highest BCUT2D eigenvalue weighted by molar-refractivity contribution is 6.34. The van der Waals surface area contributed by atoms with Crippen molar-refractivity contribution in [3.63, 3.8) is 0 Å². The van der Waals surface area contributed by atoms with Gasteiger partial charge in [-0.25, -0.2) is 4.98 Å². The van der Waals surface area contributed by atoms with E-state index in [1.54, 1.807) is 0 Å². The maximum atomic E-state index is 6.02. The minimum Gasteiger partial charge on any atom is -0.272 e. The first-order valence-electron chi connectivity index (χ1n) is 4.06. The van der Waals surface area contributed by atoms with Crippen LogP contribution in [0.3, 0.4) is 0 Å². The number of aromatic nitrogens is 3. The monoisotopic (exact) mass is 195 g/mol. The van der Waals surface area contributed by atoms with Crippen molar-refractivity contribution >= 4 is 22.5 Å². The molecule has 0 spiro atoms. The number of hydrogen-bond acceptors (Lipinski definition) is 2. The van der Waals surface area contributed by atoms with E-state index in [1.165, 1.54) is 0 Å². The quantitative estimate of drug-likeness (QED) is 0.604. The first-order valence-corrected chi connectivity index (χ1v) is 4.44. The summed E-state index contributed by atoms with van der Waals surface area (Å²) in [5, 5.41) is 5.82. The Hall–Kier alpha value is -1.09. The standard InChI is InChI=1S/C9H10ClN3/c1-5-4-7-8(9(10)11-5)6(2)13(3)12-7/h4H,1-3H3. The second-order valence-electron chi connectivity index (χ2n) is 3.16. The van der Waals surface area contributed by atoms with Crippen LogP contribution in [0.15, 0.2) is 6.07 Å². The Morgan fingerprint density at radius 1 is 1.38 bits per heavy atom. The number of fused-ring (bicyclic) bond motifs is 1. The first-order chi connectivity index (χ1) is 6.09. The molecule has 0 aliphatic carbocycles. The lowest BCUT2D eigenvalue weighted by Gasteiger charge is -1.96. The largest absolute Gasteiger partial charge is 0.272 e. The van der Waals surface area contributed by atoms with Crippen molar-refractivity contribution in [2.24, 2.45) is 7.05 Å². The van der Waals surface area contributed by atoms with Gasteiger partial charge in [0.1, 0.15) is 5.15 Å². The summed E-state index contributed by atoms with van der Waals surface area (Å²) in [6, 6.07) is 1.94. The summed E-state index contributed by atoms with van der Waals surface area (Å²) < 4.78 is 1.82. The minimum absolute atomic E-state index is 0.542. The zero-order valence-electron chi connectivity index (χ0n) is 7.80. The number of hydrogen-bond donors (Lipinski definition) is 0. The van der Waals surface area contributed by atoms with E-state index >= 15 is 0 Å². The zero-order valence-corrected chi connectivity index (χ0v) is 8.55. The van der Waals surface area contributed by atoms with Gasteiger partial charge in [0, 0.05) is 18.4 Å². The SMILES string of the molecule is Cc1cc2nn(C)c(C)c2c(Cl)n1. The number of aryl methyl sites for hydroxylation is 3. The van der Waals surface area contributed by atoms with Gasteiger partial charge in [-0.15, -0.1) is 0 Å². The van der Waals surface area contributed by atoms with E-state index in [4.69, 9.17) is 11.6 Å². The molecule has 3 nitrogen and oxygen atoms in total. The van der Waals surface area contributed by atoms with E-state index in [-0.39, 0.29) is 0 Å². The molecule has 0 saturated carbocycles. The molecule has 0 radical (unpaired) electrons.